The van der Waals surface area contributed by atoms with E-state index in [-0.39, 0.29) is 0 Å². The van der Waals surface area contributed by atoms with Gasteiger partial charge in [0, 0.05) is 25.0 Å². The molecule has 118 valence electrons. The number of hydrogen-bond acceptors (Lipinski definition) is 3. The first-order chi connectivity index (χ1) is 10.7. The van der Waals surface area contributed by atoms with Gasteiger partial charge in [0.15, 0.2) is 11.6 Å². The maximum Gasteiger partial charge on any atom is 0.188 e. The van der Waals surface area contributed by atoms with Crippen LogP contribution in [0.25, 0.3) is 5.65 Å². The van der Waals surface area contributed by atoms with Crippen molar-refractivity contribution in [2.45, 2.75) is 44.6 Å². The summed E-state index contributed by atoms with van der Waals surface area (Å²) in [4.78, 5) is 8.70. The van der Waals surface area contributed by atoms with E-state index < -0.39 is 0 Å². The second kappa shape index (κ2) is 6.96. The number of aliphatic imine (C=N–C) groups is 1. The molecule has 7 heteroatoms. The predicted octanol–water partition coefficient (Wildman–Crippen LogP) is 2.16. The zero-order valence-electron chi connectivity index (χ0n) is 12.5. The standard InChI is InChI=1S/C15H21ClN6/c16-13-9-20-22-10-11(8-19-14(13)22)6-7-18-15(17)21-12-4-2-1-3-5-12/h8-10,12H,1-7H2,(H3,17,18,21). The number of fused-ring (bicyclic) bond motifs is 1. The number of rotatable bonds is 4. The Morgan fingerprint density at radius 3 is 3.00 bits per heavy atom. The molecule has 3 N–H and O–H groups in total. The molecule has 0 spiro atoms. The highest BCUT2D eigenvalue weighted by Gasteiger charge is 2.13. The number of nitrogens with one attached hydrogen (secondary N) is 1. The van der Waals surface area contributed by atoms with E-state index in [9.17, 15) is 0 Å². The van der Waals surface area contributed by atoms with Crippen LogP contribution in [0.2, 0.25) is 5.02 Å². The minimum atomic E-state index is 0.488. The van der Waals surface area contributed by atoms with E-state index in [0.29, 0.717) is 29.2 Å². The highest BCUT2D eigenvalue weighted by atomic mass is 35.5. The van der Waals surface area contributed by atoms with Gasteiger partial charge in [0.25, 0.3) is 0 Å². The van der Waals surface area contributed by atoms with Crippen LogP contribution in [0.1, 0.15) is 37.7 Å². The summed E-state index contributed by atoms with van der Waals surface area (Å²) < 4.78 is 1.69. The summed E-state index contributed by atoms with van der Waals surface area (Å²) >= 11 is 5.97. The summed E-state index contributed by atoms with van der Waals surface area (Å²) in [5.41, 5.74) is 7.68. The SMILES string of the molecule is NC(=NCCc1cnc2c(Cl)cnn2c1)NC1CCCCC1. The average molecular weight is 321 g/mol. The van der Waals surface area contributed by atoms with E-state index in [0.717, 1.165) is 12.0 Å². The van der Waals surface area contributed by atoms with E-state index >= 15 is 0 Å². The second-order valence-corrected chi connectivity index (χ2v) is 6.13. The third-order valence-electron chi connectivity index (χ3n) is 4.01. The lowest BCUT2D eigenvalue weighted by atomic mass is 9.96. The number of aromatic nitrogens is 3. The Bertz CT molecular complexity index is 659. The lowest BCUT2D eigenvalue weighted by Crippen LogP contribution is -2.41. The van der Waals surface area contributed by atoms with Crippen molar-refractivity contribution in [3.8, 4) is 0 Å². The van der Waals surface area contributed by atoms with Crippen molar-refractivity contribution < 1.29 is 0 Å². The van der Waals surface area contributed by atoms with Crippen LogP contribution in [-0.4, -0.2) is 33.1 Å². The molecule has 2 heterocycles. The summed E-state index contributed by atoms with van der Waals surface area (Å²) in [6, 6.07) is 0.488. The van der Waals surface area contributed by atoms with Crippen LogP contribution in [0.5, 0.6) is 0 Å². The zero-order valence-corrected chi connectivity index (χ0v) is 13.3. The Hall–Kier alpha value is -1.82. The normalized spacial score (nSPS) is 17.0. The van der Waals surface area contributed by atoms with Gasteiger partial charge in [-0.3, -0.25) is 4.99 Å². The summed E-state index contributed by atoms with van der Waals surface area (Å²) in [7, 11) is 0. The van der Waals surface area contributed by atoms with Crippen LogP contribution in [-0.2, 0) is 6.42 Å². The fourth-order valence-electron chi connectivity index (χ4n) is 2.82. The van der Waals surface area contributed by atoms with Crippen molar-refractivity contribution in [2.24, 2.45) is 10.7 Å². The Balaban J connectivity index is 1.53. The lowest BCUT2D eigenvalue weighted by molar-refractivity contribution is 0.412. The number of halogens is 1. The summed E-state index contributed by atoms with van der Waals surface area (Å²) in [6.45, 7) is 0.633. The van der Waals surface area contributed by atoms with Crippen molar-refractivity contribution >= 4 is 23.2 Å². The van der Waals surface area contributed by atoms with Gasteiger partial charge in [-0.25, -0.2) is 9.50 Å². The Labute approximate surface area is 134 Å². The van der Waals surface area contributed by atoms with Crippen LogP contribution in [0, 0.1) is 0 Å². The maximum absolute atomic E-state index is 5.97. The lowest BCUT2D eigenvalue weighted by Gasteiger charge is -2.23. The van der Waals surface area contributed by atoms with Gasteiger partial charge in [0.2, 0.25) is 0 Å². The van der Waals surface area contributed by atoms with Gasteiger partial charge in [-0.05, 0) is 24.8 Å². The van der Waals surface area contributed by atoms with Crippen LogP contribution >= 0.6 is 11.6 Å². The van der Waals surface area contributed by atoms with Gasteiger partial charge in [0.1, 0.15) is 5.02 Å². The minimum Gasteiger partial charge on any atom is -0.370 e. The Morgan fingerprint density at radius 2 is 2.18 bits per heavy atom. The third kappa shape index (κ3) is 3.68. The molecule has 1 aliphatic rings. The first kappa shape index (κ1) is 15.1. The van der Waals surface area contributed by atoms with Crippen molar-refractivity contribution in [1.82, 2.24) is 19.9 Å². The number of nitrogens with zero attached hydrogens (tertiary/aromatic N) is 4. The molecular formula is C15H21ClN6. The molecule has 0 unspecified atom stereocenters. The Kier molecular flexibility index (Phi) is 4.77. The van der Waals surface area contributed by atoms with E-state index in [2.05, 4.69) is 20.4 Å². The molecule has 0 amide bonds. The van der Waals surface area contributed by atoms with E-state index in [4.69, 9.17) is 17.3 Å². The fourth-order valence-corrected chi connectivity index (χ4v) is 3.00. The molecule has 2 aromatic heterocycles. The molecule has 0 aliphatic heterocycles. The highest BCUT2D eigenvalue weighted by molar-refractivity contribution is 6.33. The van der Waals surface area contributed by atoms with Gasteiger partial charge in [-0.15, -0.1) is 0 Å². The van der Waals surface area contributed by atoms with Crippen molar-refractivity contribution in [3.05, 3.63) is 29.2 Å². The molecule has 3 rings (SSSR count). The maximum atomic E-state index is 5.97. The highest BCUT2D eigenvalue weighted by Crippen LogP contribution is 2.17. The second-order valence-electron chi connectivity index (χ2n) is 5.72. The molecule has 6 nitrogen and oxygen atoms in total. The Morgan fingerprint density at radius 1 is 1.36 bits per heavy atom. The van der Waals surface area contributed by atoms with Crippen molar-refractivity contribution in [2.75, 3.05) is 6.54 Å². The van der Waals surface area contributed by atoms with Gasteiger partial charge in [-0.2, -0.15) is 5.10 Å². The monoisotopic (exact) mass is 320 g/mol. The molecule has 1 aliphatic carbocycles. The van der Waals surface area contributed by atoms with E-state index in [1.807, 2.05) is 12.4 Å². The van der Waals surface area contributed by atoms with Crippen LogP contribution < -0.4 is 11.1 Å². The topological polar surface area (TPSA) is 80.6 Å². The van der Waals surface area contributed by atoms with E-state index in [1.165, 1.54) is 32.1 Å². The van der Waals surface area contributed by atoms with Crippen LogP contribution in [0.15, 0.2) is 23.6 Å². The summed E-state index contributed by atoms with van der Waals surface area (Å²) in [6.07, 6.45) is 12.4. The summed E-state index contributed by atoms with van der Waals surface area (Å²) in [5, 5.41) is 8.02. The molecule has 22 heavy (non-hydrogen) atoms. The fraction of sp³-hybridized carbons (Fsp3) is 0.533. The molecule has 0 bridgehead atoms. The molecular weight excluding hydrogens is 300 g/mol. The van der Waals surface area contributed by atoms with Gasteiger partial charge in [-0.1, -0.05) is 30.9 Å². The minimum absolute atomic E-state index is 0.488. The van der Waals surface area contributed by atoms with E-state index in [1.54, 1.807) is 10.7 Å². The smallest absolute Gasteiger partial charge is 0.188 e. The molecule has 1 saturated carbocycles. The predicted molar refractivity (Wildman–Crippen MR) is 88.2 cm³/mol. The molecule has 0 radical (unpaired) electrons. The molecule has 0 atom stereocenters. The van der Waals surface area contributed by atoms with Crippen LogP contribution in [0.3, 0.4) is 0 Å². The number of hydrogen-bond donors (Lipinski definition) is 2. The number of nitrogens with two attached hydrogens (primary N) is 1. The third-order valence-corrected chi connectivity index (χ3v) is 4.27. The van der Waals surface area contributed by atoms with Gasteiger partial charge >= 0.3 is 0 Å². The molecule has 0 aromatic carbocycles. The zero-order chi connectivity index (χ0) is 15.4. The largest absolute Gasteiger partial charge is 0.370 e. The summed E-state index contributed by atoms with van der Waals surface area (Å²) in [5.74, 6) is 0.545. The van der Waals surface area contributed by atoms with Gasteiger partial charge < -0.3 is 11.1 Å². The van der Waals surface area contributed by atoms with Crippen LogP contribution in [0.4, 0.5) is 0 Å². The van der Waals surface area contributed by atoms with Gasteiger partial charge in [0.05, 0.1) is 6.20 Å². The van der Waals surface area contributed by atoms with Crippen molar-refractivity contribution in [1.29, 1.82) is 0 Å². The van der Waals surface area contributed by atoms with Crippen molar-refractivity contribution in [3.63, 3.8) is 0 Å². The first-order valence-corrected chi connectivity index (χ1v) is 8.14. The first-order valence-electron chi connectivity index (χ1n) is 7.76. The quantitative estimate of drug-likeness (QED) is 0.668. The average Bonchev–Trinajstić information content (AvgIpc) is 2.89. The molecule has 1 fully saturated rings. The number of guanidine groups is 1. The molecule has 2 aromatic rings. The molecule has 0 saturated heterocycles.